The molecule has 21 heavy (non-hydrogen) atoms. The number of aliphatic hydroxyl groups excluding tert-OH is 1. The first-order valence-electron chi connectivity index (χ1n) is 6.31. The molecular weight excluding hydrogens is 401 g/mol. The van der Waals surface area contributed by atoms with Gasteiger partial charge in [-0.3, -0.25) is 4.79 Å². The summed E-state index contributed by atoms with van der Waals surface area (Å²) in [7, 11) is 1.82. The number of aliphatic hydroxyl groups is 1. The van der Waals surface area contributed by atoms with Crippen LogP contribution in [0.3, 0.4) is 0 Å². The molecule has 0 aliphatic heterocycles. The molecule has 2 aromatic rings. The molecule has 0 aliphatic rings. The fourth-order valence-electron chi connectivity index (χ4n) is 1.79. The Balaban J connectivity index is 1.94. The molecule has 0 radical (unpaired) electrons. The molecule has 0 aliphatic carbocycles. The highest BCUT2D eigenvalue weighted by atomic mass is 127. The molecule has 1 heterocycles. The van der Waals surface area contributed by atoms with Gasteiger partial charge in [-0.1, -0.05) is 11.8 Å². The van der Waals surface area contributed by atoms with Crippen LogP contribution in [0.25, 0.3) is 0 Å². The number of nitrogens with zero attached hydrogens (tertiary/aromatic N) is 2. The molecule has 1 amide bonds. The average molecular weight is 417 g/mol. The minimum absolute atomic E-state index is 0.0574. The zero-order valence-corrected chi connectivity index (χ0v) is 14.7. The van der Waals surface area contributed by atoms with Crippen molar-refractivity contribution in [1.29, 1.82) is 0 Å². The Morgan fingerprint density at radius 2 is 2.29 bits per heavy atom. The number of halogens is 1. The lowest BCUT2D eigenvalue weighted by molar-refractivity contribution is -0.113. The van der Waals surface area contributed by atoms with Crippen LogP contribution in [0.2, 0.25) is 0 Å². The maximum absolute atomic E-state index is 12.0. The molecule has 112 valence electrons. The van der Waals surface area contributed by atoms with E-state index in [0.29, 0.717) is 5.16 Å². The monoisotopic (exact) mass is 417 g/mol. The molecule has 7 heteroatoms. The fraction of sp³-hybridized carbons (Fsp3) is 0.286. The van der Waals surface area contributed by atoms with Crippen LogP contribution >= 0.6 is 34.4 Å². The fourth-order valence-corrected chi connectivity index (χ4v) is 3.21. The van der Waals surface area contributed by atoms with E-state index in [0.717, 1.165) is 20.5 Å². The van der Waals surface area contributed by atoms with Crippen molar-refractivity contribution in [3.63, 3.8) is 0 Å². The highest BCUT2D eigenvalue weighted by molar-refractivity contribution is 14.1. The van der Waals surface area contributed by atoms with Crippen LogP contribution < -0.4 is 5.32 Å². The first-order chi connectivity index (χ1) is 10.0. The molecule has 0 fully saturated rings. The molecule has 0 saturated carbocycles. The summed E-state index contributed by atoms with van der Waals surface area (Å²) < 4.78 is 2.93. The number of carbonyl (C=O) groups is 1. The van der Waals surface area contributed by atoms with Crippen LogP contribution in [0.4, 0.5) is 5.69 Å². The number of hydrogen-bond donors (Lipinski definition) is 2. The van der Waals surface area contributed by atoms with Crippen molar-refractivity contribution in [2.24, 2.45) is 7.05 Å². The standard InChI is InChI=1S/C14H16IN3O2S/c1-9-5-10(15)3-4-12(9)17-13(20)8-21-14-16-6-11(7-19)18(14)2/h3-6,19H,7-8H2,1-2H3,(H,17,20). The van der Waals surface area contributed by atoms with Gasteiger partial charge in [0.05, 0.1) is 24.3 Å². The van der Waals surface area contributed by atoms with Crippen LogP contribution in [0.15, 0.2) is 29.6 Å². The predicted molar refractivity (Wildman–Crippen MR) is 92.4 cm³/mol. The van der Waals surface area contributed by atoms with E-state index >= 15 is 0 Å². The number of aryl methyl sites for hydroxylation is 1. The molecule has 0 atom stereocenters. The number of benzene rings is 1. The third-order valence-electron chi connectivity index (χ3n) is 3.00. The van der Waals surface area contributed by atoms with Gasteiger partial charge in [-0.2, -0.15) is 0 Å². The van der Waals surface area contributed by atoms with Crippen molar-refractivity contribution in [2.45, 2.75) is 18.7 Å². The highest BCUT2D eigenvalue weighted by Crippen LogP contribution is 2.20. The van der Waals surface area contributed by atoms with E-state index in [-0.39, 0.29) is 18.3 Å². The summed E-state index contributed by atoms with van der Waals surface area (Å²) in [6.07, 6.45) is 1.61. The van der Waals surface area contributed by atoms with Crippen molar-refractivity contribution >= 4 is 45.9 Å². The van der Waals surface area contributed by atoms with E-state index < -0.39 is 0 Å². The number of nitrogens with one attached hydrogen (secondary N) is 1. The average Bonchev–Trinajstić information content (AvgIpc) is 2.80. The topological polar surface area (TPSA) is 67.2 Å². The SMILES string of the molecule is Cc1cc(I)ccc1NC(=O)CSc1ncc(CO)n1C. The van der Waals surface area contributed by atoms with Crippen LogP contribution in [-0.4, -0.2) is 26.3 Å². The number of thioether (sulfide) groups is 1. The van der Waals surface area contributed by atoms with Gasteiger partial charge in [-0.05, 0) is 53.3 Å². The third-order valence-corrected chi connectivity index (χ3v) is 4.71. The summed E-state index contributed by atoms with van der Waals surface area (Å²) in [6.45, 7) is 1.91. The first-order valence-corrected chi connectivity index (χ1v) is 8.38. The van der Waals surface area contributed by atoms with Gasteiger partial charge in [0.15, 0.2) is 5.16 Å². The van der Waals surface area contributed by atoms with Crippen molar-refractivity contribution in [2.75, 3.05) is 11.1 Å². The van der Waals surface area contributed by atoms with Crippen molar-refractivity contribution in [1.82, 2.24) is 9.55 Å². The molecule has 1 aromatic carbocycles. The van der Waals surface area contributed by atoms with Crippen LogP contribution in [0.5, 0.6) is 0 Å². The Morgan fingerprint density at radius 3 is 2.90 bits per heavy atom. The van der Waals surface area contributed by atoms with E-state index in [4.69, 9.17) is 5.11 Å². The molecule has 0 unspecified atom stereocenters. The summed E-state index contributed by atoms with van der Waals surface area (Å²) in [4.78, 5) is 16.2. The van der Waals surface area contributed by atoms with Gasteiger partial charge in [0.2, 0.25) is 5.91 Å². The maximum atomic E-state index is 12.0. The number of imidazole rings is 1. The van der Waals surface area contributed by atoms with Crippen LogP contribution in [0, 0.1) is 10.5 Å². The smallest absolute Gasteiger partial charge is 0.234 e. The molecular formula is C14H16IN3O2S. The number of carbonyl (C=O) groups excluding carboxylic acids is 1. The van der Waals surface area contributed by atoms with Gasteiger partial charge < -0.3 is 15.0 Å². The second kappa shape index (κ2) is 7.28. The minimum atomic E-state index is -0.0714. The summed E-state index contributed by atoms with van der Waals surface area (Å²) in [6, 6.07) is 5.89. The van der Waals surface area contributed by atoms with Gasteiger partial charge in [0.25, 0.3) is 0 Å². The van der Waals surface area contributed by atoms with Gasteiger partial charge in [0.1, 0.15) is 0 Å². The van der Waals surface area contributed by atoms with Gasteiger partial charge in [-0.25, -0.2) is 4.98 Å². The summed E-state index contributed by atoms with van der Waals surface area (Å²) in [5.74, 6) is 0.207. The Kier molecular flexibility index (Phi) is 5.65. The maximum Gasteiger partial charge on any atom is 0.234 e. The van der Waals surface area contributed by atoms with Gasteiger partial charge >= 0.3 is 0 Å². The van der Waals surface area contributed by atoms with E-state index in [1.54, 1.807) is 10.8 Å². The molecule has 1 aromatic heterocycles. The van der Waals surface area contributed by atoms with Gasteiger partial charge in [-0.15, -0.1) is 0 Å². The second-order valence-electron chi connectivity index (χ2n) is 4.55. The lowest BCUT2D eigenvalue weighted by atomic mass is 10.2. The normalized spacial score (nSPS) is 10.7. The number of rotatable bonds is 5. The van der Waals surface area contributed by atoms with E-state index in [9.17, 15) is 4.79 Å². The summed E-state index contributed by atoms with van der Waals surface area (Å²) in [5, 5.41) is 12.7. The minimum Gasteiger partial charge on any atom is -0.390 e. The van der Waals surface area contributed by atoms with Crippen LogP contribution in [0.1, 0.15) is 11.3 Å². The number of hydrogen-bond acceptors (Lipinski definition) is 4. The largest absolute Gasteiger partial charge is 0.390 e. The Hall–Kier alpha value is -1.06. The lowest BCUT2D eigenvalue weighted by Gasteiger charge is -2.09. The van der Waals surface area contributed by atoms with Gasteiger partial charge in [0, 0.05) is 16.3 Å². The van der Waals surface area contributed by atoms with Crippen molar-refractivity contribution in [3.8, 4) is 0 Å². The molecule has 2 rings (SSSR count). The van der Waals surface area contributed by atoms with Crippen LogP contribution in [-0.2, 0) is 18.4 Å². The number of anilines is 1. The zero-order chi connectivity index (χ0) is 15.4. The van der Waals surface area contributed by atoms with E-state index in [1.165, 1.54) is 11.8 Å². The second-order valence-corrected chi connectivity index (χ2v) is 6.73. The first kappa shape index (κ1) is 16.3. The molecule has 0 bridgehead atoms. The Bertz CT molecular complexity index is 658. The predicted octanol–water partition coefficient (Wildman–Crippen LogP) is 2.56. The number of aromatic nitrogens is 2. The molecule has 5 nitrogen and oxygen atoms in total. The number of amides is 1. The zero-order valence-electron chi connectivity index (χ0n) is 11.8. The van der Waals surface area contributed by atoms with Crippen molar-refractivity contribution in [3.05, 3.63) is 39.2 Å². The van der Waals surface area contributed by atoms with Crippen molar-refractivity contribution < 1.29 is 9.90 Å². The molecule has 0 saturated heterocycles. The highest BCUT2D eigenvalue weighted by Gasteiger charge is 2.10. The Labute approximate surface area is 141 Å². The molecule has 2 N–H and O–H groups in total. The summed E-state index contributed by atoms with van der Waals surface area (Å²) in [5.41, 5.74) is 2.60. The van der Waals surface area contributed by atoms with E-state index in [2.05, 4.69) is 32.9 Å². The molecule has 0 spiro atoms. The lowest BCUT2D eigenvalue weighted by Crippen LogP contribution is -2.15. The van der Waals surface area contributed by atoms with E-state index in [1.807, 2.05) is 32.2 Å². The quantitative estimate of drug-likeness (QED) is 0.580. The summed E-state index contributed by atoms with van der Waals surface area (Å²) >= 11 is 3.59. The third kappa shape index (κ3) is 4.21. The Morgan fingerprint density at radius 1 is 1.52 bits per heavy atom.